The first-order valence-corrected chi connectivity index (χ1v) is 7.02. The van der Waals surface area contributed by atoms with Gasteiger partial charge in [-0.25, -0.2) is 0 Å². The van der Waals surface area contributed by atoms with Crippen LogP contribution in [0.2, 0.25) is 10.0 Å². The Balaban J connectivity index is 2.31. The number of halogens is 3. The van der Waals surface area contributed by atoms with Crippen LogP contribution in [0.1, 0.15) is 11.6 Å². The molecule has 0 spiro atoms. The molecular formula is C14H9BrCl2N2. The number of anilines is 1. The van der Waals surface area contributed by atoms with Crippen molar-refractivity contribution in [3.8, 4) is 6.07 Å². The second kappa shape index (κ2) is 6.29. The Bertz CT molecular complexity index is 638. The Hall–Kier alpha value is -1.21. The fourth-order valence-corrected chi connectivity index (χ4v) is 2.48. The van der Waals surface area contributed by atoms with Crippen molar-refractivity contribution >= 4 is 44.8 Å². The summed E-state index contributed by atoms with van der Waals surface area (Å²) < 4.78 is 0.936. The zero-order valence-corrected chi connectivity index (χ0v) is 12.8. The standard InChI is InChI=1S/C14H9BrCl2N2/c15-9-3-1-4-10(7-9)19-13(8-18)11-5-2-6-12(16)14(11)17/h1-7,13,19H. The van der Waals surface area contributed by atoms with E-state index < -0.39 is 6.04 Å². The van der Waals surface area contributed by atoms with Gasteiger partial charge in [-0.1, -0.05) is 57.3 Å². The summed E-state index contributed by atoms with van der Waals surface area (Å²) in [5.74, 6) is 0. The molecule has 19 heavy (non-hydrogen) atoms. The normalized spacial score (nSPS) is 11.7. The Morgan fingerprint density at radius 3 is 2.58 bits per heavy atom. The van der Waals surface area contributed by atoms with Gasteiger partial charge in [0.05, 0.1) is 16.1 Å². The summed E-state index contributed by atoms with van der Waals surface area (Å²) in [6, 6.07) is 14.5. The molecule has 0 aromatic heterocycles. The van der Waals surface area contributed by atoms with E-state index in [1.165, 1.54) is 0 Å². The molecule has 0 aliphatic heterocycles. The van der Waals surface area contributed by atoms with Gasteiger partial charge >= 0.3 is 0 Å². The number of benzene rings is 2. The second-order valence-corrected chi connectivity index (χ2v) is 5.56. The zero-order chi connectivity index (χ0) is 13.8. The summed E-state index contributed by atoms with van der Waals surface area (Å²) in [7, 11) is 0. The number of nitriles is 1. The SMILES string of the molecule is N#CC(Nc1cccc(Br)c1)c1cccc(Cl)c1Cl. The molecule has 1 unspecified atom stereocenters. The highest BCUT2D eigenvalue weighted by atomic mass is 79.9. The Morgan fingerprint density at radius 1 is 1.16 bits per heavy atom. The highest BCUT2D eigenvalue weighted by Gasteiger charge is 2.15. The molecular weight excluding hydrogens is 347 g/mol. The number of nitrogens with one attached hydrogen (secondary N) is 1. The predicted molar refractivity (Wildman–Crippen MR) is 82.6 cm³/mol. The van der Waals surface area contributed by atoms with E-state index >= 15 is 0 Å². The molecule has 0 bridgehead atoms. The van der Waals surface area contributed by atoms with Crippen molar-refractivity contribution in [3.63, 3.8) is 0 Å². The van der Waals surface area contributed by atoms with E-state index in [-0.39, 0.29) is 0 Å². The molecule has 2 nitrogen and oxygen atoms in total. The third kappa shape index (κ3) is 3.42. The first kappa shape index (κ1) is 14.2. The number of hydrogen-bond acceptors (Lipinski definition) is 2. The minimum absolute atomic E-state index is 0.401. The van der Waals surface area contributed by atoms with E-state index in [4.69, 9.17) is 23.2 Å². The topological polar surface area (TPSA) is 35.8 Å². The lowest BCUT2D eigenvalue weighted by Crippen LogP contribution is -2.09. The van der Waals surface area contributed by atoms with Crippen LogP contribution in [0.3, 0.4) is 0 Å². The van der Waals surface area contributed by atoms with Crippen LogP contribution >= 0.6 is 39.1 Å². The maximum Gasteiger partial charge on any atom is 0.141 e. The number of nitrogens with zero attached hydrogens (tertiary/aromatic N) is 1. The quantitative estimate of drug-likeness (QED) is 0.796. The lowest BCUT2D eigenvalue weighted by atomic mass is 10.1. The summed E-state index contributed by atoms with van der Waals surface area (Å²) >= 11 is 15.5. The number of hydrogen-bond donors (Lipinski definition) is 1. The van der Waals surface area contributed by atoms with Gasteiger partial charge in [0.25, 0.3) is 0 Å². The third-order valence-corrected chi connectivity index (χ3v) is 3.88. The van der Waals surface area contributed by atoms with Crippen molar-refractivity contribution in [2.75, 3.05) is 5.32 Å². The molecule has 96 valence electrons. The molecule has 0 saturated heterocycles. The molecule has 5 heteroatoms. The van der Waals surface area contributed by atoms with Gasteiger partial charge in [-0.3, -0.25) is 0 Å². The molecule has 1 N–H and O–H groups in total. The summed E-state index contributed by atoms with van der Waals surface area (Å²) in [5.41, 5.74) is 1.49. The van der Waals surface area contributed by atoms with E-state index in [1.807, 2.05) is 24.3 Å². The highest BCUT2D eigenvalue weighted by Crippen LogP contribution is 2.31. The van der Waals surface area contributed by atoms with E-state index in [0.29, 0.717) is 15.6 Å². The summed E-state index contributed by atoms with van der Waals surface area (Å²) in [6.07, 6.45) is 0. The van der Waals surface area contributed by atoms with Crippen molar-refractivity contribution < 1.29 is 0 Å². The van der Waals surface area contributed by atoms with Gasteiger partial charge in [0, 0.05) is 15.7 Å². The first-order chi connectivity index (χ1) is 9.11. The average Bonchev–Trinajstić information content (AvgIpc) is 2.40. The Kier molecular flexibility index (Phi) is 4.71. The van der Waals surface area contributed by atoms with Crippen molar-refractivity contribution in [2.24, 2.45) is 0 Å². The van der Waals surface area contributed by atoms with Crippen molar-refractivity contribution in [2.45, 2.75) is 6.04 Å². The van der Waals surface area contributed by atoms with Crippen LogP contribution in [0.25, 0.3) is 0 Å². The predicted octanol–water partition coefficient (Wildman–Crippen LogP) is 5.43. The fourth-order valence-electron chi connectivity index (χ4n) is 1.67. The highest BCUT2D eigenvalue weighted by molar-refractivity contribution is 9.10. The minimum atomic E-state index is -0.555. The van der Waals surface area contributed by atoms with Crippen LogP contribution in [-0.2, 0) is 0 Å². The monoisotopic (exact) mass is 354 g/mol. The van der Waals surface area contributed by atoms with E-state index in [9.17, 15) is 5.26 Å². The lowest BCUT2D eigenvalue weighted by Gasteiger charge is -2.15. The zero-order valence-electron chi connectivity index (χ0n) is 9.70. The van der Waals surface area contributed by atoms with E-state index in [1.54, 1.807) is 18.2 Å². The van der Waals surface area contributed by atoms with Crippen LogP contribution in [0.5, 0.6) is 0 Å². The van der Waals surface area contributed by atoms with Gasteiger partial charge in [0.1, 0.15) is 6.04 Å². The van der Waals surface area contributed by atoms with Gasteiger partial charge in [0.2, 0.25) is 0 Å². The van der Waals surface area contributed by atoms with Gasteiger partial charge in [-0.2, -0.15) is 5.26 Å². The molecule has 0 saturated carbocycles. The molecule has 2 aromatic rings. The van der Waals surface area contributed by atoms with Crippen LogP contribution in [0.4, 0.5) is 5.69 Å². The maximum atomic E-state index is 9.30. The van der Waals surface area contributed by atoms with E-state index in [2.05, 4.69) is 27.3 Å². The molecule has 0 heterocycles. The summed E-state index contributed by atoms with van der Waals surface area (Å²) in [4.78, 5) is 0. The maximum absolute atomic E-state index is 9.30. The van der Waals surface area contributed by atoms with Gasteiger partial charge in [0.15, 0.2) is 0 Å². The van der Waals surface area contributed by atoms with Gasteiger partial charge in [-0.15, -0.1) is 0 Å². The molecule has 0 radical (unpaired) electrons. The molecule has 0 amide bonds. The summed E-state index contributed by atoms with van der Waals surface area (Å²) in [5, 5.41) is 13.3. The Labute approximate surface area is 130 Å². The largest absolute Gasteiger partial charge is 0.366 e. The molecule has 0 aliphatic carbocycles. The smallest absolute Gasteiger partial charge is 0.141 e. The van der Waals surface area contributed by atoms with E-state index in [0.717, 1.165) is 10.2 Å². The average molecular weight is 356 g/mol. The van der Waals surface area contributed by atoms with Crippen LogP contribution in [0, 0.1) is 11.3 Å². The molecule has 2 aromatic carbocycles. The molecule has 0 fully saturated rings. The molecule has 1 atom stereocenters. The molecule has 0 aliphatic rings. The Morgan fingerprint density at radius 2 is 1.89 bits per heavy atom. The van der Waals surface area contributed by atoms with Crippen LogP contribution in [0.15, 0.2) is 46.9 Å². The van der Waals surface area contributed by atoms with Crippen molar-refractivity contribution in [1.82, 2.24) is 0 Å². The van der Waals surface area contributed by atoms with Crippen LogP contribution < -0.4 is 5.32 Å². The molecule has 2 rings (SSSR count). The second-order valence-electron chi connectivity index (χ2n) is 3.86. The minimum Gasteiger partial charge on any atom is -0.366 e. The fraction of sp³-hybridized carbons (Fsp3) is 0.0714. The first-order valence-electron chi connectivity index (χ1n) is 5.47. The van der Waals surface area contributed by atoms with Crippen molar-refractivity contribution in [1.29, 1.82) is 5.26 Å². The van der Waals surface area contributed by atoms with Crippen LogP contribution in [-0.4, -0.2) is 0 Å². The van der Waals surface area contributed by atoms with Gasteiger partial charge in [-0.05, 0) is 24.3 Å². The third-order valence-electron chi connectivity index (χ3n) is 2.56. The summed E-state index contributed by atoms with van der Waals surface area (Å²) in [6.45, 7) is 0. The number of rotatable bonds is 3. The van der Waals surface area contributed by atoms with Crippen molar-refractivity contribution in [3.05, 3.63) is 62.5 Å². The van der Waals surface area contributed by atoms with Gasteiger partial charge < -0.3 is 5.32 Å². The lowest BCUT2D eigenvalue weighted by molar-refractivity contribution is 0.998.